The van der Waals surface area contributed by atoms with Crippen molar-refractivity contribution < 1.29 is 9.53 Å². The van der Waals surface area contributed by atoms with Gasteiger partial charge in [0.2, 0.25) is 5.95 Å². The minimum atomic E-state index is -0.516. The number of methoxy groups -OCH3 is 1. The predicted molar refractivity (Wildman–Crippen MR) is 48.6 cm³/mol. The number of nitrogens with zero attached hydrogens (tertiary/aromatic N) is 1. The molecule has 0 radical (unpaired) electrons. The second-order valence-electron chi connectivity index (χ2n) is 2.62. The molecule has 5 heteroatoms. The van der Waals surface area contributed by atoms with Gasteiger partial charge in [-0.3, -0.25) is 5.32 Å². The summed E-state index contributed by atoms with van der Waals surface area (Å²) in [5, 5.41) is 2.44. The van der Waals surface area contributed by atoms with E-state index in [1.165, 1.54) is 7.11 Å². The summed E-state index contributed by atoms with van der Waals surface area (Å²) in [5.74, 6) is 0.426. The molecule has 0 aliphatic carbocycles. The van der Waals surface area contributed by atoms with Gasteiger partial charge in [0, 0.05) is 5.69 Å². The lowest BCUT2D eigenvalue weighted by atomic mass is 10.3. The van der Waals surface area contributed by atoms with Crippen LogP contribution in [0.3, 0.4) is 0 Å². The number of aryl methyl sites for hydroxylation is 1. The molecule has 1 aromatic rings. The van der Waals surface area contributed by atoms with Gasteiger partial charge in [-0.2, -0.15) is 0 Å². The molecule has 0 saturated heterocycles. The number of carbonyl (C=O) groups is 1. The van der Waals surface area contributed by atoms with Crippen LogP contribution in [0.5, 0.6) is 0 Å². The molecule has 0 aliphatic rings. The number of carbonyl (C=O) groups excluding carboxylic acids is 1. The van der Waals surface area contributed by atoms with Crippen LogP contribution < -0.4 is 5.32 Å². The first-order chi connectivity index (χ1) is 6.26. The van der Waals surface area contributed by atoms with Gasteiger partial charge in [-0.1, -0.05) is 13.3 Å². The van der Waals surface area contributed by atoms with Gasteiger partial charge in [0.1, 0.15) is 0 Å². The molecule has 1 aromatic heterocycles. The van der Waals surface area contributed by atoms with Crippen LogP contribution in [0.25, 0.3) is 0 Å². The molecular weight excluding hydrogens is 170 g/mol. The molecule has 0 aromatic carbocycles. The molecule has 5 nitrogen and oxygen atoms in total. The van der Waals surface area contributed by atoms with E-state index in [1.54, 1.807) is 6.20 Å². The summed E-state index contributed by atoms with van der Waals surface area (Å²) < 4.78 is 4.41. The summed E-state index contributed by atoms with van der Waals surface area (Å²) in [4.78, 5) is 17.7. The van der Waals surface area contributed by atoms with Gasteiger partial charge in [-0.25, -0.2) is 9.78 Å². The van der Waals surface area contributed by atoms with Gasteiger partial charge in [-0.15, -0.1) is 0 Å². The molecule has 0 spiro atoms. The highest BCUT2D eigenvalue weighted by Gasteiger charge is 2.03. The number of amides is 1. The second kappa shape index (κ2) is 4.49. The number of hydrogen-bond acceptors (Lipinski definition) is 3. The molecule has 2 N–H and O–H groups in total. The van der Waals surface area contributed by atoms with Crippen molar-refractivity contribution in [1.82, 2.24) is 9.97 Å². The Balaban J connectivity index is 2.53. The van der Waals surface area contributed by atoms with E-state index in [9.17, 15) is 4.79 Å². The fourth-order valence-corrected chi connectivity index (χ4v) is 0.967. The SMILES string of the molecule is CCCc1cnc(NC(=O)OC)[nH]1. The van der Waals surface area contributed by atoms with E-state index in [1.807, 2.05) is 0 Å². The lowest BCUT2D eigenvalue weighted by molar-refractivity contribution is 0.186. The molecule has 1 heterocycles. The zero-order valence-electron chi connectivity index (χ0n) is 7.76. The third-order valence-corrected chi connectivity index (χ3v) is 1.55. The maximum Gasteiger partial charge on any atom is 0.413 e. The van der Waals surface area contributed by atoms with Crippen molar-refractivity contribution in [3.63, 3.8) is 0 Å². The molecule has 0 fully saturated rings. The monoisotopic (exact) mass is 183 g/mol. The highest BCUT2D eigenvalue weighted by molar-refractivity contribution is 5.82. The first-order valence-corrected chi connectivity index (χ1v) is 4.15. The lowest BCUT2D eigenvalue weighted by Crippen LogP contribution is -2.11. The van der Waals surface area contributed by atoms with Gasteiger partial charge in [-0.05, 0) is 6.42 Å². The number of aromatic nitrogens is 2. The normalized spacial score (nSPS) is 9.69. The average Bonchev–Trinajstić information content (AvgIpc) is 2.53. The van der Waals surface area contributed by atoms with Gasteiger partial charge in [0.25, 0.3) is 0 Å². The van der Waals surface area contributed by atoms with Gasteiger partial charge in [0.05, 0.1) is 13.3 Å². The van der Waals surface area contributed by atoms with Crippen molar-refractivity contribution in [1.29, 1.82) is 0 Å². The molecule has 0 bridgehead atoms. The van der Waals surface area contributed by atoms with Gasteiger partial charge >= 0.3 is 6.09 Å². The topological polar surface area (TPSA) is 67.0 Å². The number of H-pyrrole nitrogens is 1. The van der Waals surface area contributed by atoms with E-state index >= 15 is 0 Å². The quantitative estimate of drug-likeness (QED) is 0.746. The largest absolute Gasteiger partial charge is 0.453 e. The second-order valence-corrected chi connectivity index (χ2v) is 2.62. The van der Waals surface area contributed by atoms with Crippen LogP contribution in [0.2, 0.25) is 0 Å². The minimum Gasteiger partial charge on any atom is -0.453 e. The predicted octanol–water partition coefficient (Wildman–Crippen LogP) is 1.54. The zero-order valence-corrected chi connectivity index (χ0v) is 7.76. The summed E-state index contributed by atoms with van der Waals surface area (Å²) in [6, 6.07) is 0. The van der Waals surface area contributed by atoms with Crippen molar-refractivity contribution in [2.75, 3.05) is 12.4 Å². The summed E-state index contributed by atoms with van der Waals surface area (Å²) in [6.07, 6.45) is 3.15. The third kappa shape index (κ3) is 2.77. The average molecular weight is 183 g/mol. The van der Waals surface area contributed by atoms with Crippen LogP contribution in [0.4, 0.5) is 10.7 Å². The first kappa shape index (κ1) is 9.57. The molecule has 1 rings (SSSR count). The van der Waals surface area contributed by atoms with Crippen molar-refractivity contribution in [3.8, 4) is 0 Å². The Labute approximate surface area is 76.5 Å². The van der Waals surface area contributed by atoms with Crippen molar-refractivity contribution in [3.05, 3.63) is 11.9 Å². The summed E-state index contributed by atoms with van der Waals surface area (Å²) in [6.45, 7) is 2.08. The van der Waals surface area contributed by atoms with Crippen LogP contribution in [0.15, 0.2) is 6.20 Å². The first-order valence-electron chi connectivity index (χ1n) is 4.15. The van der Waals surface area contributed by atoms with Crippen LogP contribution in [0, 0.1) is 0 Å². The maximum atomic E-state index is 10.8. The molecule has 72 valence electrons. The number of imidazole rings is 1. The molecule has 0 unspecified atom stereocenters. The molecule has 0 aliphatic heterocycles. The maximum absolute atomic E-state index is 10.8. The van der Waals surface area contributed by atoms with E-state index in [2.05, 4.69) is 26.9 Å². The van der Waals surface area contributed by atoms with E-state index < -0.39 is 6.09 Å². The Kier molecular flexibility index (Phi) is 3.31. The summed E-state index contributed by atoms with van der Waals surface area (Å²) in [5.41, 5.74) is 1.01. The Morgan fingerprint density at radius 1 is 1.77 bits per heavy atom. The Bertz CT molecular complexity index is 283. The number of rotatable bonds is 3. The third-order valence-electron chi connectivity index (χ3n) is 1.55. The molecular formula is C8H13N3O2. The number of aromatic amines is 1. The lowest BCUT2D eigenvalue weighted by Gasteiger charge is -1.97. The molecule has 0 atom stereocenters. The summed E-state index contributed by atoms with van der Waals surface area (Å²) in [7, 11) is 1.31. The highest BCUT2D eigenvalue weighted by atomic mass is 16.5. The zero-order chi connectivity index (χ0) is 9.68. The number of hydrogen-bond donors (Lipinski definition) is 2. The van der Waals surface area contributed by atoms with Crippen LogP contribution in [0.1, 0.15) is 19.0 Å². The fourth-order valence-electron chi connectivity index (χ4n) is 0.967. The Morgan fingerprint density at radius 2 is 2.54 bits per heavy atom. The molecule has 1 amide bonds. The minimum absolute atomic E-state index is 0.426. The van der Waals surface area contributed by atoms with Crippen LogP contribution in [-0.2, 0) is 11.2 Å². The molecule has 13 heavy (non-hydrogen) atoms. The summed E-state index contributed by atoms with van der Waals surface area (Å²) >= 11 is 0. The van der Waals surface area contributed by atoms with Crippen molar-refractivity contribution in [2.24, 2.45) is 0 Å². The van der Waals surface area contributed by atoms with Crippen molar-refractivity contribution >= 4 is 12.0 Å². The van der Waals surface area contributed by atoms with Crippen LogP contribution >= 0.6 is 0 Å². The Morgan fingerprint density at radius 3 is 3.15 bits per heavy atom. The number of nitrogens with one attached hydrogen (secondary N) is 2. The molecule has 0 saturated carbocycles. The smallest absolute Gasteiger partial charge is 0.413 e. The van der Waals surface area contributed by atoms with E-state index in [0.717, 1.165) is 18.5 Å². The Hall–Kier alpha value is -1.52. The number of ether oxygens (including phenoxy) is 1. The standard InChI is InChI=1S/C8H13N3O2/c1-3-4-6-5-9-7(10-6)11-8(12)13-2/h5H,3-4H2,1-2H3,(H2,9,10,11,12). The van der Waals surface area contributed by atoms with E-state index in [-0.39, 0.29) is 0 Å². The fraction of sp³-hybridized carbons (Fsp3) is 0.500. The van der Waals surface area contributed by atoms with Gasteiger partial charge in [0.15, 0.2) is 0 Å². The van der Waals surface area contributed by atoms with Crippen LogP contribution in [-0.4, -0.2) is 23.2 Å². The number of anilines is 1. The van der Waals surface area contributed by atoms with E-state index in [0.29, 0.717) is 5.95 Å². The van der Waals surface area contributed by atoms with Crippen molar-refractivity contribution in [2.45, 2.75) is 19.8 Å². The van der Waals surface area contributed by atoms with Gasteiger partial charge < -0.3 is 9.72 Å². The van der Waals surface area contributed by atoms with E-state index in [4.69, 9.17) is 0 Å². The highest BCUT2D eigenvalue weighted by Crippen LogP contribution is 2.04.